The number of imidazole rings is 2. The molecule has 52 heavy (non-hydrogen) atoms. The fraction of sp³-hybridized carbons (Fsp3) is 0.591. The molecule has 8 heteroatoms. The molecular formula is C44H60N6O2. The molecule has 6 heterocycles. The summed E-state index contributed by atoms with van der Waals surface area (Å²) in [4.78, 5) is 19.4. The third-order valence-corrected chi connectivity index (χ3v) is 12.6. The SMILES string of the molecule is C.C.CC1CCC(c2cn3c4c(ncc3n2)CC=C4C2=CCOCC2)CC1.CC1CCC(c2cn3c4c(ncc3n2)CC=C4C2CCOCC2)CC1. The third kappa shape index (κ3) is 7.05. The number of rotatable bonds is 4. The van der Waals surface area contributed by atoms with E-state index in [1.165, 1.54) is 102 Å². The summed E-state index contributed by atoms with van der Waals surface area (Å²) in [6.45, 7) is 8.06. The van der Waals surface area contributed by atoms with Gasteiger partial charge in [-0.3, -0.25) is 18.8 Å². The molecule has 8 nitrogen and oxygen atoms in total. The van der Waals surface area contributed by atoms with Crippen LogP contribution in [0, 0.1) is 17.8 Å². The highest BCUT2D eigenvalue weighted by Crippen LogP contribution is 2.40. The fourth-order valence-corrected chi connectivity index (χ4v) is 9.46. The average Bonchev–Trinajstić information content (AvgIpc) is 3.97. The Kier molecular flexibility index (Phi) is 11.1. The molecule has 4 aromatic rings. The maximum atomic E-state index is 5.56. The van der Waals surface area contributed by atoms with E-state index in [2.05, 4.69) is 53.3 Å². The minimum atomic E-state index is 0. The number of hydrogen-bond acceptors (Lipinski definition) is 6. The van der Waals surface area contributed by atoms with E-state index in [1.54, 1.807) is 0 Å². The highest BCUT2D eigenvalue weighted by atomic mass is 16.5. The lowest BCUT2D eigenvalue weighted by atomic mass is 9.82. The molecule has 2 aliphatic heterocycles. The van der Waals surface area contributed by atoms with E-state index in [0.29, 0.717) is 17.8 Å². The molecule has 0 unspecified atom stereocenters. The molecule has 2 saturated carbocycles. The summed E-state index contributed by atoms with van der Waals surface area (Å²) in [6, 6.07) is 0. The summed E-state index contributed by atoms with van der Waals surface area (Å²) >= 11 is 0. The first-order chi connectivity index (χ1) is 24.6. The van der Waals surface area contributed by atoms with Crippen LogP contribution in [0.5, 0.6) is 0 Å². The van der Waals surface area contributed by atoms with Gasteiger partial charge < -0.3 is 9.47 Å². The molecule has 278 valence electrons. The highest BCUT2D eigenvalue weighted by molar-refractivity contribution is 5.82. The maximum absolute atomic E-state index is 5.56. The van der Waals surface area contributed by atoms with Crippen LogP contribution in [-0.2, 0) is 22.3 Å². The van der Waals surface area contributed by atoms with E-state index in [4.69, 9.17) is 29.4 Å². The van der Waals surface area contributed by atoms with E-state index in [9.17, 15) is 0 Å². The molecule has 4 aromatic heterocycles. The second-order valence-electron chi connectivity index (χ2n) is 15.9. The first kappa shape index (κ1) is 36.7. The summed E-state index contributed by atoms with van der Waals surface area (Å²) < 4.78 is 15.7. The number of hydrogen-bond donors (Lipinski definition) is 0. The van der Waals surface area contributed by atoms with Crippen LogP contribution in [0.25, 0.3) is 22.4 Å². The molecule has 0 N–H and O–H groups in total. The van der Waals surface area contributed by atoms with Crippen molar-refractivity contribution in [3.8, 4) is 0 Å². The van der Waals surface area contributed by atoms with Gasteiger partial charge in [-0.05, 0) is 79.4 Å². The highest BCUT2D eigenvalue weighted by Gasteiger charge is 2.30. The van der Waals surface area contributed by atoms with E-state index in [1.807, 2.05) is 12.4 Å². The molecule has 1 saturated heterocycles. The van der Waals surface area contributed by atoms with Crippen molar-refractivity contribution in [2.24, 2.45) is 17.8 Å². The van der Waals surface area contributed by atoms with E-state index in [-0.39, 0.29) is 14.9 Å². The molecule has 0 radical (unpaired) electrons. The van der Waals surface area contributed by atoms with Crippen LogP contribution in [0.3, 0.4) is 0 Å². The molecule has 10 rings (SSSR count). The van der Waals surface area contributed by atoms with Gasteiger partial charge in [-0.25, -0.2) is 9.97 Å². The Morgan fingerprint density at radius 3 is 1.73 bits per heavy atom. The van der Waals surface area contributed by atoms with Crippen molar-refractivity contribution in [2.75, 3.05) is 26.4 Å². The van der Waals surface area contributed by atoms with Gasteiger partial charge in [0.15, 0.2) is 11.3 Å². The second kappa shape index (κ2) is 15.8. The molecule has 0 amide bonds. The number of nitrogens with zero attached hydrogens (tertiary/aromatic N) is 6. The standard InChI is InChI=1S/C21H27N3O.C21H25N3O.2CH4/c2*1-14-2-4-16(5-3-14)19-13-24-20(23-19)12-22-18-7-6-17(21(18)24)15-8-10-25-11-9-15;;/h6,12-16H,2-5,7-11H2,1H3;6,8,12-14,16H,2-5,7,9-11H2,1H3;2*1H4. The summed E-state index contributed by atoms with van der Waals surface area (Å²) in [5.74, 6) is 3.60. The zero-order chi connectivity index (χ0) is 33.6. The lowest BCUT2D eigenvalue weighted by Crippen LogP contribution is -2.17. The second-order valence-corrected chi connectivity index (χ2v) is 15.9. The summed E-state index contributed by atoms with van der Waals surface area (Å²) in [6.07, 6.45) is 31.0. The smallest absolute Gasteiger partial charge is 0.156 e. The zero-order valence-corrected chi connectivity index (χ0v) is 29.9. The van der Waals surface area contributed by atoms with Crippen molar-refractivity contribution in [1.29, 1.82) is 0 Å². The van der Waals surface area contributed by atoms with E-state index < -0.39 is 0 Å². The number of ether oxygens (including phenoxy) is 2. The van der Waals surface area contributed by atoms with E-state index >= 15 is 0 Å². The first-order valence-electron chi connectivity index (χ1n) is 19.6. The Balaban J connectivity index is 0.000000156. The van der Waals surface area contributed by atoms with Crippen LogP contribution in [0.15, 0.2) is 48.6 Å². The predicted molar refractivity (Wildman–Crippen MR) is 211 cm³/mol. The summed E-state index contributed by atoms with van der Waals surface area (Å²) in [5, 5.41) is 0. The Hall–Kier alpha value is -3.62. The van der Waals surface area contributed by atoms with E-state index in [0.717, 1.165) is 81.7 Å². The van der Waals surface area contributed by atoms with Crippen LogP contribution in [0.1, 0.15) is 145 Å². The van der Waals surface area contributed by atoms with Crippen molar-refractivity contribution in [2.45, 2.75) is 124 Å². The predicted octanol–water partition coefficient (Wildman–Crippen LogP) is 9.97. The normalized spacial score (nSPS) is 25.9. The molecule has 6 aliphatic rings. The first-order valence-corrected chi connectivity index (χ1v) is 19.6. The Bertz CT molecular complexity index is 1960. The van der Waals surface area contributed by atoms with Gasteiger partial charge in [0.05, 0.1) is 59.8 Å². The minimum absolute atomic E-state index is 0. The van der Waals surface area contributed by atoms with Crippen LogP contribution in [0.2, 0.25) is 0 Å². The van der Waals surface area contributed by atoms with Gasteiger partial charge in [-0.1, -0.05) is 72.6 Å². The van der Waals surface area contributed by atoms with Gasteiger partial charge in [0.25, 0.3) is 0 Å². The van der Waals surface area contributed by atoms with Crippen molar-refractivity contribution >= 4 is 22.4 Å². The largest absolute Gasteiger partial charge is 0.381 e. The molecule has 0 aromatic carbocycles. The molecular weight excluding hydrogens is 645 g/mol. The van der Waals surface area contributed by atoms with Gasteiger partial charge in [-0.15, -0.1) is 0 Å². The Morgan fingerprint density at radius 1 is 0.596 bits per heavy atom. The lowest BCUT2D eigenvalue weighted by molar-refractivity contribution is 0.0807. The maximum Gasteiger partial charge on any atom is 0.156 e. The van der Waals surface area contributed by atoms with Crippen LogP contribution >= 0.6 is 0 Å². The van der Waals surface area contributed by atoms with Crippen LogP contribution < -0.4 is 0 Å². The fourth-order valence-electron chi connectivity index (χ4n) is 9.46. The topological polar surface area (TPSA) is 78.8 Å². The Morgan fingerprint density at radius 2 is 1.15 bits per heavy atom. The van der Waals surface area contributed by atoms with Crippen molar-refractivity contribution in [1.82, 2.24) is 28.7 Å². The molecule has 3 fully saturated rings. The number of allylic oxidation sites excluding steroid dienone is 4. The Labute approximate surface area is 310 Å². The van der Waals surface area contributed by atoms with Crippen LogP contribution in [0.4, 0.5) is 0 Å². The van der Waals surface area contributed by atoms with Gasteiger partial charge in [0.2, 0.25) is 0 Å². The minimum Gasteiger partial charge on any atom is -0.381 e. The lowest BCUT2D eigenvalue weighted by Gasteiger charge is -2.25. The average molecular weight is 705 g/mol. The molecule has 0 bridgehead atoms. The zero-order valence-electron chi connectivity index (χ0n) is 29.9. The van der Waals surface area contributed by atoms with Crippen molar-refractivity contribution < 1.29 is 9.47 Å². The number of aromatic nitrogens is 6. The quantitative estimate of drug-likeness (QED) is 0.210. The summed E-state index contributed by atoms with van der Waals surface area (Å²) in [7, 11) is 0. The molecule has 0 atom stereocenters. The van der Waals surface area contributed by atoms with Crippen molar-refractivity contribution in [3.05, 3.63) is 82.8 Å². The van der Waals surface area contributed by atoms with Gasteiger partial charge in [-0.2, -0.15) is 0 Å². The van der Waals surface area contributed by atoms with Gasteiger partial charge in [0.1, 0.15) is 0 Å². The monoisotopic (exact) mass is 704 g/mol. The number of fused-ring (bicyclic) bond motifs is 6. The van der Waals surface area contributed by atoms with Gasteiger partial charge in [0, 0.05) is 50.3 Å². The summed E-state index contributed by atoms with van der Waals surface area (Å²) in [5.41, 5.74) is 13.8. The van der Waals surface area contributed by atoms with Gasteiger partial charge >= 0.3 is 0 Å². The molecule has 0 spiro atoms. The van der Waals surface area contributed by atoms with Crippen LogP contribution in [-0.4, -0.2) is 55.2 Å². The van der Waals surface area contributed by atoms with Crippen molar-refractivity contribution in [3.63, 3.8) is 0 Å². The third-order valence-electron chi connectivity index (χ3n) is 12.6. The molecule has 4 aliphatic carbocycles.